The van der Waals surface area contributed by atoms with Gasteiger partial charge < -0.3 is 4.57 Å². The summed E-state index contributed by atoms with van der Waals surface area (Å²) >= 11 is 0. The summed E-state index contributed by atoms with van der Waals surface area (Å²) in [4.78, 5) is 12.1. The number of hydrogen-bond acceptors (Lipinski definition) is 2. The predicted octanol–water partition coefficient (Wildman–Crippen LogP) is 16.4. The second-order valence-corrected chi connectivity index (χ2v) is 17.7. The Kier molecular flexibility index (Phi) is 8.83. The van der Waals surface area contributed by atoms with Crippen LogP contribution in [-0.2, 0) is 0 Å². The molecule has 5 nitrogen and oxygen atoms in total. The topological polar surface area (TPSA) is 40.6 Å². The Balaban J connectivity index is 1.29. The summed E-state index contributed by atoms with van der Waals surface area (Å²) in [5, 5.41) is 6.97. The summed E-state index contributed by atoms with van der Waals surface area (Å²) in [6, 6.07) is 89.2. The lowest BCUT2D eigenvalue weighted by Crippen LogP contribution is -2.14. The molecule has 14 rings (SSSR count). The molecule has 69 heavy (non-hydrogen) atoms. The zero-order valence-corrected chi connectivity index (χ0v) is 37.4. The second-order valence-electron chi connectivity index (χ2n) is 17.7. The van der Waals surface area contributed by atoms with Crippen molar-refractivity contribution in [3.05, 3.63) is 249 Å². The van der Waals surface area contributed by atoms with Crippen LogP contribution in [0.3, 0.4) is 0 Å². The Bertz CT molecular complexity index is 4080. The number of hydrogen-bond donors (Lipinski definition) is 0. The molecule has 0 atom stereocenters. The maximum atomic E-state index is 6.23. The number of pyridine rings is 2. The van der Waals surface area contributed by atoms with E-state index in [0.29, 0.717) is 0 Å². The van der Waals surface area contributed by atoms with Gasteiger partial charge in [-0.15, -0.1) is 0 Å². The first kappa shape index (κ1) is 38.9. The molecule has 0 aliphatic rings. The van der Waals surface area contributed by atoms with Gasteiger partial charge in [-0.25, -0.2) is 9.97 Å². The van der Waals surface area contributed by atoms with Gasteiger partial charge in [0, 0.05) is 49.0 Å². The third-order valence-corrected chi connectivity index (χ3v) is 13.8. The summed E-state index contributed by atoms with van der Waals surface area (Å²) in [5.41, 5.74) is 15.3. The maximum absolute atomic E-state index is 6.23. The first-order valence-corrected chi connectivity index (χ1v) is 23.5. The van der Waals surface area contributed by atoms with Crippen LogP contribution in [0, 0.1) is 0 Å². The van der Waals surface area contributed by atoms with Gasteiger partial charge in [0.05, 0.1) is 44.5 Å². The third kappa shape index (κ3) is 6.04. The average molecular weight is 880 g/mol. The highest BCUT2D eigenvalue weighted by Gasteiger charge is 2.31. The fraction of sp³-hybridized carbons (Fsp3) is 0. The van der Waals surface area contributed by atoms with Crippen LogP contribution in [0.5, 0.6) is 0 Å². The monoisotopic (exact) mass is 879 g/mol. The Morgan fingerprint density at radius 3 is 1.00 bits per heavy atom. The molecule has 5 heterocycles. The lowest BCUT2D eigenvalue weighted by molar-refractivity contribution is 0.985. The van der Waals surface area contributed by atoms with Crippen molar-refractivity contribution in [3.8, 4) is 62.1 Å². The van der Waals surface area contributed by atoms with Crippen LogP contribution in [0.4, 0.5) is 0 Å². The SMILES string of the molecule is c1ccc(-c2cc(-c3ccccc3)nc(-c3c(-c4ccccc4)c(-n4c5ccccc5c5ccccc54)nc(-n4c5ccccc5c5ccccc54)c3-n3c4ccccc4c4ccccc43)c2)cc1. The van der Waals surface area contributed by atoms with Crippen molar-refractivity contribution in [1.29, 1.82) is 0 Å². The molecule has 0 radical (unpaired) electrons. The van der Waals surface area contributed by atoms with E-state index >= 15 is 0 Å². The van der Waals surface area contributed by atoms with Crippen LogP contribution in [0.15, 0.2) is 249 Å². The molecule has 14 aromatic rings. The molecule has 9 aromatic carbocycles. The molecule has 322 valence electrons. The smallest absolute Gasteiger partial charge is 0.165 e. The molecule has 0 aliphatic heterocycles. The van der Waals surface area contributed by atoms with E-state index in [2.05, 4.69) is 262 Å². The molecule has 0 bridgehead atoms. The van der Waals surface area contributed by atoms with Crippen molar-refractivity contribution in [2.75, 3.05) is 0 Å². The Hall–Kier alpha value is -9.32. The van der Waals surface area contributed by atoms with Gasteiger partial charge in [-0.3, -0.25) is 9.13 Å². The van der Waals surface area contributed by atoms with E-state index in [1.165, 1.54) is 0 Å². The number of fused-ring (bicyclic) bond motifs is 9. The third-order valence-electron chi connectivity index (χ3n) is 13.8. The van der Waals surface area contributed by atoms with E-state index in [1.54, 1.807) is 0 Å². The minimum Gasteiger partial charge on any atom is -0.305 e. The highest BCUT2D eigenvalue weighted by molar-refractivity contribution is 6.14. The molecule has 0 unspecified atom stereocenters. The van der Waals surface area contributed by atoms with Gasteiger partial charge in [0.2, 0.25) is 0 Å². The van der Waals surface area contributed by atoms with Crippen molar-refractivity contribution >= 4 is 65.4 Å². The summed E-state index contributed by atoms with van der Waals surface area (Å²) in [7, 11) is 0. The van der Waals surface area contributed by atoms with E-state index in [4.69, 9.17) is 9.97 Å². The van der Waals surface area contributed by atoms with E-state index in [1.807, 2.05) is 0 Å². The van der Waals surface area contributed by atoms with Gasteiger partial charge in [-0.1, -0.05) is 200 Å². The first-order valence-electron chi connectivity index (χ1n) is 23.5. The Morgan fingerprint density at radius 2 is 0.565 bits per heavy atom. The van der Waals surface area contributed by atoms with Gasteiger partial charge in [-0.05, 0) is 65.2 Å². The Labute approximate surface area is 398 Å². The lowest BCUT2D eigenvalue weighted by atomic mass is 9.93. The first-order chi connectivity index (χ1) is 34.3. The standard InChI is InChI=1S/C64H41N5/c1-4-22-42(23-5-1)45-40-52(43-24-6-2-7-25-43)65-53(41-45)61-60(44-26-8-3-9-27-44)63(68-56-36-18-12-30-48(56)49-31-13-19-37-57(49)68)66-64(69-58-38-20-14-32-50(58)51-33-15-21-39-59(51)69)62(61)67-54-34-16-10-28-46(54)47-29-11-17-35-55(47)67/h1-41H. The number of rotatable bonds is 7. The minimum atomic E-state index is 0.790. The molecule has 0 fully saturated rings. The summed E-state index contributed by atoms with van der Waals surface area (Å²) in [6.07, 6.45) is 0. The van der Waals surface area contributed by atoms with Crippen LogP contribution in [0.1, 0.15) is 0 Å². The summed E-state index contributed by atoms with van der Waals surface area (Å²) < 4.78 is 7.26. The van der Waals surface area contributed by atoms with E-state index < -0.39 is 0 Å². The van der Waals surface area contributed by atoms with Crippen molar-refractivity contribution in [3.63, 3.8) is 0 Å². The highest BCUT2D eigenvalue weighted by Crippen LogP contribution is 2.49. The van der Waals surface area contributed by atoms with E-state index in [0.717, 1.165) is 128 Å². The lowest BCUT2D eigenvalue weighted by Gasteiger charge is -2.26. The van der Waals surface area contributed by atoms with Gasteiger partial charge in [0.25, 0.3) is 0 Å². The fourth-order valence-electron chi connectivity index (χ4n) is 10.9. The second kappa shape index (κ2) is 15.7. The van der Waals surface area contributed by atoms with Gasteiger partial charge in [-0.2, -0.15) is 0 Å². The van der Waals surface area contributed by atoms with Gasteiger partial charge in [0.1, 0.15) is 11.5 Å². The molecule has 0 aliphatic carbocycles. The maximum Gasteiger partial charge on any atom is 0.165 e. The zero-order valence-electron chi connectivity index (χ0n) is 37.4. The van der Waals surface area contributed by atoms with Crippen molar-refractivity contribution < 1.29 is 0 Å². The van der Waals surface area contributed by atoms with Crippen molar-refractivity contribution in [2.24, 2.45) is 0 Å². The molecule has 0 saturated heterocycles. The largest absolute Gasteiger partial charge is 0.305 e. The summed E-state index contributed by atoms with van der Waals surface area (Å²) in [5.74, 6) is 1.60. The molecular weight excluding hydrogens is 839 g/mol. The number of aromatic nitrogens is 5. The molecule has 0 amide bonds. The van der Waals surface area contributed by atoms with E-state index in [9.17, 15) is 0 Å². The van der Waals surface area contributed by atoms with Gasteiger partial charge in [0.15, 0.2) is 5.82 Å². The minimum absolute atomic E-state index is 0.790. The normalized spacial score (nSPS) is 11.8. The number of benzene rings is 9. The number of para-hydroxylation sites is 6. The van der Waals surface area contributed by atoms with E-state index in [-0.39, 0.29) is 0 Å². The molecule has 5 aromatic heterocycles. The van der Waals surface area contributed by atoms with Crippen LogP contribution in [-0.4, -0.2) is 23.7 Å². The number of nitrogens with zero attached hydrogens (tertiary/aromatic N) is 5. The zero-order chi connectivity index (χ0) is 45.4. The van der Waals surface area contributed by atoms with Crippen LogP contribution >= 0.6 is 0 Å². The molecule has 5 heteroatoms. The molecule has 0 N–H and O–H groups in total. The Morgan fingerprint density at radius 1 is 0.232 bits per heavy atom. The highest BCUT2D eigenvalue weighted by atomic mass is 15.2. The van der Waals surface area contributed by atoms with Crippen LogP contribution in [0.2, 0.25) is 0 Å². The van der Waals surface area contributed by atoms with Gasteiger partial charge >= 0.3 is 0 Å². The quantitative estimate of drug-likeness (QED) is 0.160. The fourth-order valence-corrected chi connectivity index (χ4v) is 10.9. The van der Waals surface area contributed by atoms with Crippen molar-refractivity contribution in [1.82, 2.24) is 23.7 Å². The molecular formula is C64H41N5. The van der Waals surface area contributed by atoms with Crippen LogP contribution in [0.25, 0.3) is 128 Å². The average Bonchev–Trinajstić information content (AvgIpc) is 4.07. The van der Waals surface area contributed by atoms with Crippen LogP contribution < -0.4 is 0 Å². The molecule has 0 saturated carbocycles. The molecule has 0 spiro atoms. The predicted molar refractivity (Wildman–Crippen MR) is 287 cm³/mol. The summed E-state index contributed by atoms with van der Waals surface area (Å²) in [6.45, 7) is 0. The van der Waals surface area contributed by atoms with Crippen molar-refractivity contribution in [2.45, 2.75) is 0 Å².